The largest absolute Gasteiger partial charge is 0.384 e. The Morgan fingerprint density at radius 3 is 1.67 bits per heavy atom. The third kappa shape index (κ3) is 2.70. The molecule has 0 saturated heterocycles. The molecule has 9 heavy (non-hydrogen) atoms. The van der Waals surface area contributed by atoms with Gasteiger partial charge in [-0.25, -0.2) is 13.2 Å². The van der Waals surface area contributed by atoms with Crippen molar-refractivity contribution in [3.05, 3.63) is 0 Å². The molecular formula is C5H9F3O. The summed E-state index contributed by atoms with van der Waals surface area (Å²) in [4.78, 5) is 0. The van der Waals surface area contributed by atoms with Crippen molar-refractivity contribution in [1.29, 1.82) is 0 Å². The fourth-order valence-corrected chi connectivity index (χ4v) is 0.300. The van der Waals surface area contributed by atoms with E-state index in [-0.39, 0.29) is 0 Å². The SMILES string of the molecule is CC(C)(F)C(O)C(F)F. The molecule has 0 aliphatic heterocycles. The lowest BCUT2D eigenvalue weighted by molar-refractivity contribution is -0.0824. The number of aliphatic hydroxyl groups is 1. The quantitative estimate of drug-likeness (QED) is 0.617. The molecule has 1 N–H and O–H groups in total. The highest BCUT2D eigenvalue weighted by molar-refractivity contribution is 4.78. The Bertz CT molecular complexity index is 86.7. The first-order valence-electron chi connectivity index (χ1n) is 2.51. The third-order valence-electron chi connectivity index (χ3n) is 0.942. The number of alkyl halides is 3. The van der Waals surface area contributed by atoms with E-state index in [4.69, 9.17) is 5.11 Å². The van der Waals surface area contributed by atoms with Crippen molar-refractivity contribution in [1.82, 2.24) is 0 Å². The maximum absolute atomic E-state index is 12.3. The van der Waals surface area contributed by atoms with Crippen molar-refractivity contribution in [3.63, 3.8) is 0 Å². The Morgan fingerprint density at radius 2 is 1.67 bits per heavy atom. The smallest absolute Gasteiger partial charge is 0.267 e. The summed E-state index contributed by atoms with van der Waals surface area (Å²) in [6.07, 6.45) is -5.19. The highest BCUT2D eigenvalue weighted by Gasteiger charge is 2.34. The fourth-order valence-electron chi connectivity index (χ4n) is 0.300. The number of hydrogen-bond donors (Lipinski definition) is 1. The van der Waals surface area contributed by atoms with Crippen LogP contribution in [0.1, 0.15) is 13.8 Å². The van der Waals surface area contributed by atoms with Crippen LogP contribution in [0.4, 0.5) is 13.2 Å². The summed E-state index contributed by atoms with van der Waals surface area (Å²) in [7, 11) is 0. The van der Waals surface area contributed by atoms with Crippen LogP contribution in [0.25, 0.3) is 0 Å². The molecule has 0 radical (unpaired) electrons. The second-order valence-electron chi connectivity index (χ2n) is 2.34. The van der Waals surface area contributed by atoms with Gasteiger partial charge in [-0.2, -0.15) is 0 Å². The fraction of sp³-hybridized carbons (Fsp3) is 1.00. The van der Waals surface area contributed by atoms with Gasteiger partial charge in [0.2, 0.25) is 0 Å². The van der Waals surface area contributed by atoms with E-state index in [0.29, 0.717) is 0 Å². The van der Waals surface area contributed by atoms with Crippen molar-refractivity contribution in [2.45, 2.75) is 32.0 Å². The van der Waals surface area contributed by atoms with Gasteiger partial charge in [0.05, 0.1) is 0 Å². The van der Waals surface area contributed by atoms with Crippen LogP contribution in [-0.2, 0) is 0 Å². The summed E-state index contributed by atoms with van der Waals surface area (Å²) in [6, 6.07) is 0. The van der Waals surface area contributed by atoms with E-state index < -0.39 is 18.2 Å². The Hall–Kier alpha value is -0.250. The van der Waals surface area contributed by atoms with E-state index >= 15 is 0 Å². The maximum atomic E-state index is 12.3. The van der Waals surface area contributed by atoms with Gasteiger partial charge in [0, 0.05) is 0 Å². The first-order chi connectivity index (χ1) is 3.85. The molecule has 0 aromatic rings. The number of rotatable bonds is 2. The average Bonchev–Trinajstić information content (AvgIpc) is 1.62. The molecular weight excluding hydrogens is 133 g/mol. The molecule has 0 aliphatic rings. The molecule has 0 fully saturated rings. The Labute approximate surface area is 51.5 Å². The summed E-state index contributed by atoms with van der Waals surface area (Å²) >= 11 is 0. The van der Waals surface area contributed by atoms with Crippen LogP contribution in [0.15, 0.2) is 0 Å². The normalized spacial score (nSPS) is 16.3. The average molecular weight is 142 g/mol. The van der Waals surface area contributed by atoms with Crippen LogP contribution < -0.4 is 0 Å². The number of aliphatic hydroxyl groups excluding tert-OH is 1. The second kappa shape index (κ2) is 2.56. The molecule has 0 rings (SSSR count). The van der Waals surface area contributed by atoms with Gasteiger partial charge >= 0.3 is 0 Å². The summed E-state index contributed by atoms with van der Waals surface area (Å²) in [5, 5.41) is 8.34. The summed E-state index contributed by atoms with van der Waals surface area (Å²) in [5.41, 5.74) is -2.21. The monoisotopic (exact) mass is 142 g/mol. The highest BCUT2D eigenvalue weighted by Crippen LogP contribution is 2.19. The summed E-state index contributed by atoms with van der Waals surface area (Å²) in [5.74, 6) is 0. The van der Waals surface area contributed by atoms with E-state index in [9.17, 15) is 13.2 Å². The molecule has 1 unspecified atom stereocenters. The van der Waals surface area contributed by atoms with Gasteiger partial charge in [-0.1, -0.05) is 0 Å². The van der Waals surface area contributed by atoms with Crippen LogP contribution in [-0.4, -0.2) is 23.3 Å². The summed E-state index contributed by atoms with van der Waals surface area (Å²) in [6.45, 7) is 1.81. The van der Waals surface area contributed by atoms with Gasteiger partial charge in [0.1, 0.15) is 11.8 Å². The van der Waals surface area contributed by atoms with Crippen molar-refractivity contribution in [3.8, 4) is 0 Å². The van der Waals surface area contributed by atoms with Crippen LogP contribution in [0.5, 0.6) is 0 Å². The van der Waals surface area contributed by atoms with Crippen LogP contribution in [0.2, 0.25) is 0 Å². The molecule has 0 spiro atoms. The first kappa shape index (κ1) is 8.75. The zero-order chi connectivity index (χ0) is 7.65. The maximum Gasteiger partial charge on any atom is 0.267 e. The first-order valence-corrected chi connectivity index (χ1v) is 2.51. The van der Waals surface area contributed by atoms with Crippen molar-refractivity contribution in [2.24, 2.45) is 0 Å². The predicted octanol–water partition coefficient (Wildman–Crippen LogP) is 1.36. The minimum Gasteiger partial charge on any atom is -0.384 e. The minimum atomic E-state index is -3.01. The van der Waals surface area contributed by atoms with Crippen molar-refractivity contribution in [2.75, 3.05) is 0 Å². The second-order valence-corrected chi connectivity index (χ2v) is 2.34. The molecule has 1 atom stereocenters. The van der Waals surface area contributed by atoms with Gasteiger partial charge in [-0.15, -0.1) is 0 Å². The molecule has 0 bridgehead atoms. The third-order valence-corrected chi connectivity index (χ3v) is 0.942. The van der Waals surface area contributed by atoms with Gasteiger partial charge in [-0.3, -0.25) is 0 Å². The molecule has 0 aromatic heterocycles. The van der Waals surface area contributed by atoms with Gasteiger partial charge in [0.15, 0.2) is 0 Å². The molecule has 0 aliphatic carbocycles. The van der Waals surface area contributed by atoms with E-state index in [0.717, 1.165) is 13.8 Å². The van der Waals surface area contributed by atoms with Crippen LogP contribution in [0, 0.1) is 0 Å². The van der Waals surface area contributed by atoms with Crippen molar-refractivity contribution < 1.29 is 18.3 Å². The van der Waals surface area contributed by atoms with E-state index in [1.165, 1.54) is 0 Å². The number of hydrogen-bond acceptors (Lipinski definition) is 1. The van der Waals surface area contributed by atoms with Crippen LogP contribution in [0.3, 0.4) is 0 Å². The molecule has 0 saturated carbocycles. The summed E-state index contributed by atoms with van der Waals surface area (Å²) < 4.78 is 35.2. The standard InChI is InChI=1S/C5H9F3O/c1-5(2,8)3(9)4(6)7/h3-4,9H,1-2H3. The lowest BCUT2D eigenvalue weighted by Gasteiger charge is -2.20. The minimum absolute atomic E-state index is 0.907. The zero-order valence-electron chi connectivity index (χ0n) is 5.24. The highest BCUT2D eigenvalue weighted by atomic mass is 19.3. The van der Waals surface area contributed by atoms with E-state index in [2.05, 4.69) is 0 Å². The lowest BCUT2D eigenvalue weighted by atomic mass is 10.1. The lowest BCUT2D eigenvalue weighted by Crippen LogP contribution is -2.37. The topological polar surface area (TPSA) is 20.2 Å². The van der Waals surface area contributed by atoms with Crippen molar-refractivity contribution >= 4 is 0 Å². The molecule has 0 aromatic carbocycles. The van der Waals surface area contributed by atoms with E-state index in [1.54, 1.807) is 0 Å². The van der Waals surface area contributed by atoms with Gasteiger partial charge in [0.25, 0.3) is 6.43 Å². The zero-order valence-corrected chi connectivity index (χ0v) is 5.24. The molecule has 0 heterocycles. The van der Waals surface area contributed by atoms with Gasteiger partial charge in [-0.05, 0) is 13.8 Å². The predicted molar refractivity (Wildman–Crippen MR) is 27.2 cm³/mol. The van der Waals surface area contributed by atoms with Gasteiger partial charge < -0.3 is 5.11 Å². The Kier molecular flexibility index (Phi) is 2.49. The molecule has 56 valence electrons. The molecule has 1 nitrogen and oxygen atoms in total. The number of halogens is 3. The van der Waals surface area contributed by atoms with E-state index in [1.807, 2.05) is 0 Å². The van der Waals surface area contributed by atoms with Crippen LogP contribution >= 0.6 is 0 Å². The molecule has 4 heteroatoms. The molecule has 0 amide bonds. The Morgan fingerprint density at radius 1 is 1.33 bits per heavy atom. The Balaban J connectivity index is 3.88.